The average molecular weight is 644 g/mol. The number of hydrogen-bond donors (Lipinski definition) is 3. The van der Waals surface area contributed by atoms with Gasteiger partial charge in [0.2, 0.25) is 5.95 Å². The molecule has 0 radical (unpaired) electrons. The fourth-order valence-electron chi connectivity index (χ4n) is 6.56. The number of piperazine rings is 1. The van der Waals surface area contributed by atoms with E-state index in [1.165, 1.54) is 24.1 Å². The van der Waals surface area contributed by atoms with E-state index < -0.39 is 7.14 Å². The second kappa shape index (κ2) is 13.8. The van der Waals surface area contributed by atoms with E-state index in [2.05, 4.69) is 54.9 Å². The van der Waals surface area contributed by atoms with Crippen molar-refractivity contribution in [1.82, 2.24) is 30.0 Å². The predicted molar refractivity (Wildman–Crippen MR) is 188 cm³/mol. The molecule has 12 heteroatoms. The number of piperidine rings is 1. The summed E-state index contributed by atoms with van der Waals surface area (Å²) in [7, 11) is 1.03. The standard InChI is InChI=1S/C34H46N9O2P/c1-6-24-21-29(31(45-3)22-30(24)43-17-11-25(12-18-43)42-19-14-35-15-20-42)38-34-36-23-26(27-13-16-41(2)40-27)33(39-34)37-28-9-7-8-10-32(28)46(4,5)44/h7-10,13,16,21-23,25,35H,6,11-12,14-15,17-20H2,1-5H3,(H2,36,37,38,39). The molecule has 0 saturated carbocycles. The molecule has 2 aromatic heterocycles. The molecule has 0 amide bonds. The van der Waals surface area contributed by atoms with Crippen LogP contribution in [0, 0.1) is 0 Å². The van der Waals surface area contributed by atoms with Gasteiger partial charge in [-0.25, -0.2) is 4.98 Å². The van der Waals surface area contributed by atoms with Gasteiger partial charge in [0.1, 0.15) is 18.7 Å². The highest BCUT2D eigenvalue weighted by molar-refractivity contribution is 7.70. The molecule has 2 aromatic carbocycles. The first-order valence-corrected chi connectivity index (χ1v) is 18.8. The Morgan fingerprint density at radius 2 is 1.78 bits per heavy atom. The molecule has 4 aromatic rings. The summed E-state index contributed by atoms with van der Waals surface area (Å²) < 4.78 is 20.8. The zero-order valence-corrected chi connectivity index (χ0v) is 28.5. The Kier molecular flexibility index (Phi) is 9.63. The van der Waals surface area contributed by atoms with Crippen LogP contribution >= 0.6 is 7.14 Å². The molecule has 11 nitrogen and oxygen atoms in total. The van der Waals surface area contributed by atoms with Gasteiger partial charge in [-0.2, -0.15) is 10.1 Å². The van der Waals surface area contributed by atoms with Gasteiger partial charge in [-0.15, -0.1) is 0 Å². The van der Waals surface area contributed by atoms with Crippen LogP contribution in [0.15, 0.2) is 54.9 Å². The van der Waals surface area contributed by atoms with Crippen molar-refractivity contribution in [1.29, 1.82) is 0 Å². The largest absolute Gasteiger partial charge is 0.494 e. The SMILES string of the molecule is CCc1cc(Nc2ncc(-c3ccn(C)n3)c(Nc3ccccc3P(C)(C)=O)n2)c(OC)cc1N1CCC(N2CCNCC2)CC1. The van der Waals surface area contributed by atoms with Crippen LogP contribution in [0.3, 0.4) is 0 Å². The van der Waals surface area contributed by atoms with Crippen LogP contribution in [-0.4, -0.2) is 90.4 Å². The Morgan fingerprint density at radius 3 is 2.46 bits per heavy atom. The van der Waals surface area contributed by atoms with Gasteiger partial charge in [-0.1, -0.05) is 19.1 Å². The molecule has 3 N–H and O–H groups in total. The summed E-state index contributed by atoms with van der Waals surface area (Å²) in [4.78, 5) is 14.8. The van der Waals surface area contributed by atoms with Crippen LogP contribution in [0.5, 0.6) is 5.75 Å². The molecule has 2 saturated heterocycles. The number of methoxy groups -OCH3 is 1. The maximum absolute atomic E-state index is 13.1. The smallest absolute Gasteiger partial charge is 0.229 e. The molecule has 0 aliphatic carbocycles. The molecule has 0 unspecified atom stereocenters. The summed E-state index contributed by atoms with van der Waals surface area (Å²) in [6.07, 6.45) is 6.89. The first kappa shape index (κ1) is 32.0. The Hall–Kier alpha value is -3.92. The quantitative estimate of drug-likeness (QED) is 0.203. The molecule has 2 fully saturated rings. The molecule has 2 aliphatic rings. The zero-order chi connectivity index (χ0) is 32.3. The summed E-state index contributed by atoms with van der Waals surface area (Å²) in [5, 5.41) is 15.7. The third-order valence-corrected chi connectivity index (χ3v) is 10.6. The number of anilines is 5. The van der Waals surface area contributed by atoms with Crippen LogP contribution in [0.1, 0.15) is 25.3 Å². The lowest BCUT2D eigenvalue weighted by molar-refractivity contribution is 0.150. The van der Waals surface area contributed by atoms with Crippen molar-refractivity contribution in [3.63, 3.8) is 0 Å². The first-order chi connectivity index (χ1) is 22.2. The second-order valence-electron chi connectivity index (χ2n) is 12.5. The monoisotopic (exact) mass is 643 g/mol. The van der Waals surface area contributed by atoms with Crippen molar-refractivity contribution in [2.45, 2.75) is 32.2 Å². The van der Waals surface area contributed by atoms with Crippen molar-refractivity contribution in [3.05, 3.63) is 60.4 Å². The van der Waals surface area contributed by atoms with Crippen molar-refractivity contribution < 1.29 is 9.30 Å². The minimum absolute atomic E-state index is 0.417. The van der Waals surface area contributed by atoms with Gasteiger partial charge in [-0.05, 0) is 62.4 Å². The molecular weight excluding hydrogens is 597 g/mol. The minimum atomic E-state index is -2.56. The van der Waals surface area contributed by atoms with E-state index >= 15 is 0 Å². The summed E-state index contributed by atoms with van der Waals surface area (Å²) >= 11 is 0. The number of nitrogens with zero attached hydrogens (tertiary/aromatic N) is 6. The highest BCUT2D eigenvalue weighted by atomic mass is 31.2. The molecule has 2 aliphatic heterocycles. The normalized spacial score (nSPS) is 16.4. The molecule has 46 heavy (non-hydrogen) atoms. The van der Waals surface area contributed by atoms with E-state index in [9.17, 15) is 4.57 Å². The second-order valence-corrected chi connectivity index (χ2v) is 15.7. The van der Waals surface area contributed by atoms with E-state index in [1.54, 1.807) is 31.3 Å². The molecule has 0 atom stereocenters. The van der Waals surface area contributed by atoms with Gasteiger partial charge in [0.25, 0.3) is 0 Å². The average Bonchev–Trinajstić information content (AvgIpc) is 3.50. The van der Waals surface area contributed by atoms with Crippen LogP contribution < -0.4 is 30.9 Å². The van der Waals surface area contributed by atoms with E-state index in [0.29, 0.717) is 17.8 Å². The third kappa shape index (κ3) is 7.07. The number of aryl methyl sites for hydroxylation is 2. The van der Waals surface area contributed by atoms with Crippen molar-refractivity contribution in [3.8, 4) is 17.0 Å². The summed E-state index contributed by atoms with van der Waals surface area (Å²) in [6, 6.07) is 14.6. The first-order valence-electron chi connectivity index (χ1n) is 16.2. The Bertz CT molecular complexity index is 1700. The number of aromatic nitrogens is 4. The number of rotatable bonds is 10. The number of nitrogens with one attached hydrogen (secondary N) is 3. The molecule has 0 spiro atoms. The number of para-hydroxylation sites is 1. The number of ether oxygens (including phenoxy) is 1. The van der Waals surface area contributed by atoms with Gasteiger partial charge < -0.3 is 30.2 Å². The highest BCUT2D eigenvalue weighted by Gasteiger charge is 2.27. The van der Waals surface area contributed by atoms with Crippen LogP contribution in [0.25, 0.3) is 11.3 Å². The Morgan fingerprint density at radius 1 is 1.02 bits per heavy atom. The lowest BCUT2D eigenvalue weighted by Crippen LogP contribution is -2.52. The van der Waals surface area contributed by atoms with Crippen molar-refractivity contribution in [2.24, 2.45) is 7.05 Å². The fraction of sp³-hybridized carbons (Fsp3) is 0.441. The van der Waals surface area contributed by atoms with Gasteiger partial charge in [-0.3, -0.25) is 9.58 Å². The van der Waals surface area contributed by atoms with Crippen LogP contribution in [0.2, 0.25) is 0 Å². The summed E-state index contributed by atoms with van der Waals surface area (Å²) in [6.45, 7) is 12.3. The summed E-state index contributed by atoms with van der Waals surface area (Å²) in [5.74, 6) is 1.73. The van der Waals surface area contributed by atoms with Gasteiger partial charge >= 0.3 is 0 Å². The fourth-order valence-corrected chi connectivity index (χ4v) is 7.71. The molecule has 0 bridgehead atoms. The van der Waals surface area contributed by atoms with Gasteiger partial charge in [0, 0.05) is 81.8 Å². The molecule has 4 heterocycles. The maximum Gasteiger partial charge on any atom is 0.229 e. The van der Waals surface area contributed by atoms with Crippen molar-refractivity contribution in [2.75, 3.05) is 75.2 Å². The van der Waals surface area contributed by atoms with Gasteiger partial charge in [0.05, 0.1) is 29.7 Å². The number of benzene rings is 2. The molecule has 244 valence electrons. The van der Waals surface area contributed by atoms with E-state index in [-0.39, 0.29) is 0 Å². The van der Waals surface area contributed by atoms with E-state index in [0.717, 1.165) is 79.4 Å². The Labute approximate surface area is 272 Å². The molecular formula is C34H46N9O2P. The third-order valence-electron chi connectivity index (χ3n) is 9.02. The Balaban J connectivity index is 1.28. The van der Waals surface area contributed by atoms with Gasteiger partial charge in [0.15, 0.2) is 0 Å². The molecule has 6 rings (SSSR count). The number of hydrogen-bond acceptors (Lipinski definition) is 10. The van der Waals surface area contributed by atoms with Crippen LogP contribution in [0.4, 0.5) is 28.8 Å². The topological polar surface area (TPSA) is 112 Å². The highest BCUT2D eigenvalue weighted by Crippen LogP contribution is 2.40. The lowest BCUT2D eigenvalue weighted by atomic mass is 9.99. The van der Waals surface area contributed by atoms with E-state index in [4.69, 9.17) is 9.72 Å². The minimum Gasteiger partial charge on any atom is -0.494 e. The van der Waals surface area contributed by atoms with E-state index in [1.807, 2.05) is 43.6 Å². The predicted octanol–water partition coefficient (Wildman–Crippen LogP) is 5.06. The lowest BCUT2D eigenvalue weighted by Gasteiger charge is -2.41. The van der Waals surface area contributed by atoms with Crippen LogP contribution in [-0.2, 0) is 18.0 Å². The van der Waals surface area contributed by atoms with Crippen molar-refractivity contribution >= 4 is 41.3 Å². The maximum atomic E-state index is 13.1. The zero-order valence-electron chi connectivity index (χ0n) is 27.6. The summed E-state index contributed by atoms with van der Waals surface area (Å²) in [5.41, 5.74) is 5.52.